The first-order valence-electron chi connectivity index (χ1n) is 6.52. The zero-order valence-corrected chi connectivity index (χ0v) is 13.8. The fourth-order valence-electron chi connectivity index (χ4n) is 1.98. The lowest BCUT2D eigenvalue weighted by molar-refractivity contribution is 0.179. The van der Waals surface area contributed by atoms with E-state index >= 15 is 0 Å². The smallest absolute Gasteiger partial charge is 0.147 e. The summed E-state index contributed by atoms with van der Waals surface area (Å²) in [6, 6.07) is 4.26. The fraction of sp³-hybridized carbons (Fsp3) is 0.571. The highest BCUT2D eigenvalue weighted by Crippen LogP contribution is 2.36. The highest BCUT2D eigenvalue weighted by molar-refractivity contribution is 9.11. The summed E-state index contributed by atoms with van der Waals surface area (Å²) in [6.45, 7) is 4.82. The summed E-state index contributed by atoms with van der Waals surface area (Å²) in [5.41, 5.74) is 1.26. The Morgan fingerprint density at radius 1 is 1.28 bits per heavy atom. The van der Waals surface area contributed by atoms with Gasteiger partial charge in [0.25, 0.3) is 0 Å². The molecule has 2 nitrogen and oxygen atoms in total. The van der Waals surface area contributed by atoms with Gasteiger partial charge in [0.15, 0.2) is 0 Å². The largest absolute Gasteiger partial charge is 0.491 e. The summed E-state index contributed by atoms with van der Waals surface area (Å²) >= 11 is 7.19. The summed E-state index contributed by atoms with van der Waals surface area (Å²) < 4.78 is 7.98. The van der Waals surface area contributed by atoms with Crippen molar-refractivity contribution in [2.24, 2.45) is 5.92 Å². The van der Waals surface area contributed by atoms with Crippen molar-refractivity contribution in [1.82, 2.24) is 5.32 Å². The van der Waals surface area contributed by atoms with E-state index in [2.05, 4.69) is 56.2 Å². The third-order valence-electron chi connectivity index (χ3n) is 3.33. The highest BCUT2D eigenvalue weighted by Gasteiger charge is 2.19. The Bertz CT molecular complexity index is 382. The summed E-state index contributed by atoms with van der Waals surface area (Å²) in [4.78, 5) is 0. The summed E-state index contributed by atoms with van der Waals surface area (Å²) in [5, 5.41) is 3.32. The van der Waals surface area contributed by atoms with Crippen LogP contribution in [0.1, 0.15) is 31.7 Å². The first-order chi connectivity index (χ1) is 8.70. The second-order valence-electron chi connectivity index (χ2n) is 4.78. The van der Waals surface area contributed by atoms with Crippen molar-refractivity contribution in [3.63, 3.8) is 0 Å². The van der Waals surface area contributed by atoms with Crippen molar-refractivity contribution >= 4 is 31.9 Å². The normalized spacial score (nSPS) is 15.5. The second-order valence-corrected chi connectivity index (χ2v) is 6.49. The van der Waals surface area contributed by atoms with Crippen LogP contribution < -0.4 is 10.1 Å². The van der Waals surface area contributed by atoms with E-state index in [1.54, 1.807) is 0 Å². The van der Waals surface area contributed by atoms with Crippen LogP contribution >= 0.6 is 31.9 Å². The van der Waals surface area contributed by atoms with Crippen molar-refractivity contribution in [3.05, 3.63) is 26.6 Å². The van der Waals surface area contributed by atoms with Gasteiger partial charge in [0.1, 0.15) is 5.75 Å². The summed E-state index contributed by atoms with van der Waals surface area (Å²) in [5.74, 6) is 1.69. The van der Waals surface area contributed by atoms with Gasteiger partial charge in [-0.2, -0.15) is 0 Å². The van der Waals surface area contributed by atoms with E-state index < -0.39 is 0 Å². The molecule has 0 aliphatic heterocycles. The van der Waals surface area contributed by atoms with Crippen LogP contribution in [-0.4, -0.2) is 13.2 Å². The third kappa shape index (κ3) is 3.72. The monoisotopic (exact) mass is 375 g/mol. The molecule has 0 atom stereocenters. The zero-order valence-electron chi connectivity index (χ0n) is 10.6. The first-order valence-corrected chi connectivity index (χ1v) is 8.10. The van der Waals surface area contributed by atoms with Gasteiger partial charge < -0.3 is 10.1 Å². The number of hydrogen-bond acceptors (Lipinski definition) is 2. The number of nitrogens with one attached hydrogen (secondary N) is 1. The van der Waals surface area contributed by atoms with Gasteiger partial charge in [0, 0.05) is 6.54 Å². The maximum Gasteiger partial charge on any atom is 0.147 e. The molecule has 0 spiro atoms. The second kappa shape index (κ2) is 6.92. The first kappa shape index (κ1) is 14.4. The van der Waals surface area contributed by atoms with Crippen LogP contribution in [0, 0.1) is 5.92 Å². The van der Waals surface area contributed by atoms with E-state index in [1.165, 1.54) is 24.8 Å². The maximum absolute atomic E-state index is 5.92. The van der Waals surface area contributed by atoms with Crippen molar-refractivity contribution in [2.45, 2.75) is 32.7 Å². The van der Waals surface area contributed by atoms with E-state index in [1.807, 2.05) is 0 Å². The SMILES string of the molecule is CCNCc1cc(Br)c(OCC2CCC2)c(Br)c1. The fourth-order valence-corrected chi connectivity index (χ4v) is 3.49. The molecule has 0 radical (unpaired) electrons. The molecule has 0 aromatic heterocycles. The van der Waals surface area contributed by atoms with Gasteiger partial charge in [0.05, 0.1) is 15.6 Å². The predicted molar refractivity (Wildman–Crippen MR) is 82.1 cm³/mol. The number of benzene rings is 1. The quantitative estimate of drug-likeness (QED) is 0.789. The molecular weight excluding hydrogens is 358 g/mol. The van der Waals surface area contributed by atoms with Gasteiger partial charge in [-0.15, -0.1) is 0 Å². The molecule has 1 fully saturated rings. The van der Waals surface area contributed by atoms with E-state index in [0.717, 1.165) is 40.3 Å². The molecule has 0 unspecified atom stereocenters. The van der Waals surface area contributed by atoms with Crippen LogP contribution in [0.2, 0.25) is 0 Å². The van der Waals surface area contributed by atoms with E-state index in [9.17, 15) is 0 Å². The van der Waals surface area contributed by atoms with Gasteiger partial charge in [-0.25, -0.2) is 0 Å². The standard InChI is InChI=1S/C14H19Br2NO/c1-2-17-8-11-6-12(15)14(13(16)7-11)18-9-10-4-3-5-10/h6-7,10,17H,2-5,8-9H2,1H3. The van der Waals surface area contributed by atoms with Gasteiger partial charge in [-0.05, 0) is 74.9 Å². The molecule has 1 saturated carbocycles. The number of hydrogen-bond donors (Lipinski definition) is 1. The van der Waals surface area contributed by atoms with Gasteiger partial charge in [-0.1, -0.05) is 13.3 Å². The molecule has 1 aliphatic rings. The van der Waals surface area contributed by atoms with E-state index in [-0.39, 0.29) is 0 Å². The maximum atomic E-state index is 5.92. The molecule has 18 heavy (non-hydrogen) atoms. The Balaban J connectivity index is 2.00. The minimum absolute atomic E-state index is 0.755. The van der Waals surface area contributed by atoms with Crippen LogP contribution in [0.5, 0.6) is 5.75 Å². The van der Waals surface area contributed by atoms with Crippen LogP contribution in [0.25, 0.3) is 0 Å². The molecule has 1 aromatic carbocycles. The van der Waals surface area contributed by atoms with Crippen LogP contribution in [-0.2, 0) is 6.54 Å². The average molecular weight is 377 g/mol. The summed E-state index contributed by atoms with van der Waals surface area (Å²) in [6.07, 6.45) is 3.99. The predicted octanol–water partition coefficient (Wildman–Crippen LogP) is 4.50. The molecule has 1 N–H and O–H groups in total. The van der Waals surface area contributed by atoms with Crippen LogP contribution in [0.3, 0.4) is 0 Å². The molecule has 0 saturated heterocycles. The Morgan fingerprint density at radius 3 is 2.44 bits per heavy atom. The Hall–Kier alpha value is -0.0600. The molecule has 1 aromatic rings. The number of ether oxygens (including phenoxy) is 1. The minimum atomic E-state index is 0.755. The number of rotatable bonds is 6. The summed E-state index contributed by atoms with van der Waals surface area (Å²) in [7, 11) is 0. The van der Waals surface area contributed by atoms with Gasteiger partial charge in [0.2, 0.25) is 0 Å². The van der Waals surface area contributed by atoms with Crippen molar-refractivity contribution in [2.75, 3.05) is 13.2 Å². The van der Waals surface area contributed by atoms with Gasteiger partial charge >= 0.3 is 0 Å². The molecule has 2 rings (SSSR count). The lowest BCUT2D eigenvalue weighted by Gasteiger charge is -2.25. The topological polar surface area (TPSA) is 21.3 Å². The van der Waals surface area contributed by atoms with Crippen LogP contribution in [0.4, 0.5) is 0 Å². The van der Waals surface area contributed by atoms with Crippen LogP contribution in [0.15, 0.2) is 21.1 Å². The van der Waals surface area contributed by atoms with Crippen molar-refractivity contribution in [1.29, 1.82) is 0 Å². The molecule has 100 valence electrons. The molecule has 0 bridgehead atoms. The molecule has 4 heteroatoms. The number of halogens is 2. The molecule has 0 amide bonds. The Morgan fingerprint density at radius 2 is 1.94 bits per heavy atom. The minimum Gasteiger partial charge on any atom is -0.491 e. The van der Waals surface area contributed by atoms with Crippen molar-refractivity contribution < 1.29 is 4.74 Å². The average Bonchev–Trinajstić information content (AvgIpc) is 2.27. The Labute approximate surface area is 126 Å². The van der Waals surface area contributed by atoms with E-state index in [0.29, 0.717) is 0 Å². The Kier molecular flexibility index (Phi) is 5.52. The zero-order chi connectivity index (χ0) is 13.0. The molecule has 0 heterocycles. The lowest BCUT2D eigenvalue weighted by Crippen LogP contribution is -2.19. The highest BCUT2D eigenvalue weighted by atomic mass is 79.9. The molecule has 1 aliphatic carbocycles. The van der Waals surface area contributed by atoms with E-state index in [4.69, 9.17) is 4.74 Å². The lowest BCUT2D eigenvalue weighted by atomic mass is 9.86. The van der Waals surface area contributed by atoms with Gasteiger partial charge in [-0.3, -0.25) is 0 Å². The van der Waals surface area contributed by atoms with Crippen molar-refractivity contribution in [3.8, 4) is 5.75 Å². The molecular formula is C14H19Br2NO. The third-order valence-corrected chi connectivity index (χ3v) is 4.50.